The Labute approximate surface area is 59.9 Å². The molecule has 0 radical (unpaired) electrons. The molecule has 0 saturated carbocycles. The van der Waals surface area contributed by atoms with Crippen molar-refractivity contribution >= 4 is 17.2 Å². The van der Waals surface area contributed by atoms with Crippen molar-refractivity contribution in [3.63, 3.8) is 0 Å². The summed E-state index contributed by atoms with van der Waals surface area (Å²) in [5.74, 6) is 0. The number of hydrogen-bond donors (Lipinski definition) is 0. The van der Waals surface area contributed by atoms with E-state index in [1.807, 2.05) is 0 Å². The standard InChI is InChI=1S/C5H3N3OS/c9-5-7-4-2-1-3-6-8(4)10-5/h1-3H. The van der Waals surface area contributed by atoms with E-state index in [2.05, 4.69) is 10.1 Å². The number of fused-ring (bicyclic) bond motifs is 1. The van der Waals surface area contributed by atoms with E-state index in [-0.39, 0.29) is 4.87 Å². The molecule has 0 spiro atoms. The molecule has 0 aliphatic rings. The molecule has 0 bridgehead atoms. The van der Waals surface area contributed by atoms with E-state index in [1.165, 1.54) is 3.90 Å². The van der Waals surface area contributed by atoms with Crippen molar-refractivity contribution < 1.29 is 0 Å². The highest BCUT2D eigenvalue weighted by atomic mass is 32.1. The van der Waals surface area contributed by atoms with Crippen LogP contribution in [0, 0.1) is 0 Å². The molecule has 2 rings (SSSR count). The minimum Gasteiger partial charge on any atom is -0.253 e. The van der Waals surface area contributed by atoms with Crippen LogP contribution in [-0.2, 0) is 0 Å². The third-order valence-electron chi connectivity index (χ3n) is 1.07. The van der Waals surface area contributed by atoms with Gasteiger partial charge in [0.05, 0.1) is 0 Å². The lowest BCUT2D eigenvalue weighted by Crippen LogP contribution is -1.89. The van der Waals surface area contributed by atoms with Gasteiger partial charge in [0.15, 0.2) is 5.65 Å². The minimum absolute atomic E-state index is 0.210. The molecule has 0 aliphatic heterocycles. The third kappa shape index (κ3) is 0.714. The average Bonchev–Trinajstić information content (AvgIpc) is 2.27. The Hall–Kier alpha value is -1.23. The first kappa shape index (κ1) is 5.55. The Bertz CT molecular complexity index is 368. The molecule has 2 aromatic rings. The zero-order valence-electron chi connectivity index (χ0n) is 4.89. The molecule has 0 aliphatic carbocycles. The van der Waals surface area contributed by atoms with Crippen molar-refractivity contribution in [3.05, 3.63) is 28.0 Å². The fourth-order valence-corrected chi connectivity index (χ4v) is 1.27. The maximum absolute atomic E-state index is 10.6. The number of rotatable bonds is 0. The van der Waals surface area contributed by atoms with Crippen molar-refractivity contribution in [1.29, 1.82) is 0 Å². The van der Waals surface area contributed by atoms with Crippen LogP contribution in [0.2, 0.25) is 0 Å². The van der Waals surface area contributed by atoms with Gasteiger partial charge in [-0.2, -0.15) is 14.0 Å². The quantitative estimate of drug-likeness (QED) is 0.541. The molecule has 0 unspecified atom stereocenters. The van der Waals surface area contributed by atoms with Crippen molar-refractivity contribution in [2.24, 2.45) is 0 Å². The van der Waals surface area contributed by atoms with Gasteiger partial charge in [0, 0.05) is 17.7 Å². The Morgan fingerprint density at radius 2 is 2.50 bits per heavy atom. The minimum atomic E-state index is -0.210. The van der Waals surface area contributed by atoms with E-state index in [0.717, 1.165) is 11.5 Å². The average molecular weight is 153 g/mol. The second-order valence-corrected chi connectivity index (χ2v) is 2.60. The van der Waals surface area contributed by atoms with E-state index in [1.54, 1.807) is 18.3 Å². The SMILES string of the molecule is O=c1nc2cccnn2s1. The van der Waals surface area contributed by atoms with E-state index in [0.29, 0.717) is 5.65 Å². The summed E-state index contributed by atoms with van der Waals surface area (Å²) in [5, 5.41) is 3.87. The molecule has 0 N–H and O–H groups in total. The van der Waals surface area contributed by atoms with Gasteiger partial charge < -0.3 is 0 Å². The van der Waals surface area contributed by atoms with E-state index < -0.39 is 0 Å². The Morgan fingerprint density at radius 1 is 1.60 bits per heavy atom. The van der Waals surface area contributed by atoms with Crippen LogP contribution in [0.4, 0.5) is 0 Å². The molecule has 0 saturated heterocycles. The Morgan fingerprint density at radius 3 is 3.30 bits per heavy atom. The second kappa shape index (κ2) is 1.88. The molecular weight excluding hydrogens is 150 g/mol. The summed E-state index contributed by atoms with van der Waals surface area (Å²) in [6.45, 7) is 0. The summed E-state index contributed by atoms with van der Waals surface area (Å²) in [6, 6.07) is 3.49. The van der Waals surface area contributed by atoms with Gasteiger partial charge in [0.1, 0.15) is 0 Å². The van der Waals surface area contributed by atoms with E-state index in [4.69, 9.17) is 0 Å². The monoisotopic (exact) mass is 153 g/mol. The smallest absolute Gasteiger partial charge is 0.253 e. The molecule has 2 aromatic heterocycles. The summed E-state index contributed by atoms with van der Waals surface area (Å²) >= 11 is 0.991. The van der Waals surface area contributed by atoms with Crippen LogP contribution in [-0.4, -0.2) is 14.0 Å². The second-order valence-electron chi connectivity index (χ2n) is 1.72. The lowest BCUT2D eigenvalue weighted by molar-refractivity contribution is 1.01. The summed E-state index contributed by atoms with van der Waals surface area (Å²) in [6.07, 6.45) is 1.62. The van der Waals surface area contributed by atoms with Crippen LogP contribution in [0.25, 0.3) is 5.65 Å². The molecule has 0 aromatic carbocycles. The first-order valence-electron chi connectivity index (χ1n) is 2.68. The molecule has 4 nitrogen and oxygen atoms in total. The van der Waals surface area contributed by atoms with Crippen LogP contribution >= 0.6 is 11.5 Å². The van der Waals surface area contributed by atoms with Gasteiger partial charge >= 0.3 is 4.87 Å². The fourth-order valence-electron chi connectivity index (χ4n) is 0.689. The highest BCUT2D eigenvalue weighted by Crippen LogP contribution is 1.94. The van der Waals surface area contributed by atoms with Gasteiger partial charge in [-0.15, -0.1) is 0 Å². The Balaban J connectivity index is 3.01. The maximum Gasteiger partial charge on any atom is 0.346 e. The number of hydrogen-bond acceptors (Lipinski definition) is 4. The van der Waals surface area contributed by atoms with Gasteiger partial charge in [0.25, 0.3) is 0 Å². The van der Waals surface area contributed by atoms with Crippen LogP contribution < -0.4 is 4.87 Å². The van der Waals surface area contributed by atoms with Crippen molar-refractivity contribution in [3.8, 4) is 0 Å². The van der Waals surface area contributed by atoms with Crippen LogP contribution in [0.5, 0.6) is 0 Å². The van der Waals surface area contributed by atoms with Crippen LogP contribution in [0.15, 0.2) is 23.1 Å². The van der Waals surface area contributed by atoms with Gasteiger partial charge in [-0.3, -0.25) is 4.79 Å². The Kier molecular flexibility index (Phi) is 1.04. The first-order valence-corrected chi connectivity index (χ1v) is 3.45. The molecule has 5 heteroatoms. The largest absolute Gasteiger partial charge is 0.346 e. The zero-order valence-corrected chi connectivity index (χ0v) is 5.71. The van der Waals surface area contributed by atoms with Gasteiger partial charge in [0.2, 0.25) is 0 Å². The molecule has 2 heterocycles. The van der Waals surface area contributed by atoms with Gasteiger partial charge in [-0.1, -0.05) is 0 Å². The fraction of sp³-hybridized carbons (Fsp3) is 0. The molecule has 50 valence electrons. The van der Waals surface area contributed by atoms with Crippen LogP contribution in [0.3, 0.4) is 0 Å². The van der Waals surface area contributed by atoms with E-state index >= 15 is 0 Å². The molecule has 0 fully saturated rings. The molecular formula is C5H3N3OS. The number of nitrogens with zero attached hydrogens (tertiary/aromatic N) is 3. The summed E-state index contributed by atoms with van der Waals surface area (Å²) in [7, 11) is 0. The molecule has 0 amide bonds. The highest BCUT2D eigenvalue weighted by molar-refractivity contribution is 7.03. The lowest BCUT2D eigenvalue weighted by Gasteiger charge is -1.83. The van der Waals surface area contributed by atoms with Crippen molar-refractivity contribution in [2.45, 2.75) is 0 Å². The highest BCUT2D eigenvalue weighted by Gasteiger charge is 1.95. The molecule has 10 heavy (non-hydrogen) atoms. The predicted molar refractivity (Wildman–Crippen MR) is 37.1 cm³/mol. The number of aromatic nitrogens is 3. The third-order valence-corrected chi connectivity index (χ3v) is 1.77. The summed E-state index contributed by atoms with van der Waals surface area (Å²) < 4.78 is 1.49. The van der Waals surface area contributed by atoms with Gasteiger partial charge in [-0.25, -0.2) is 0 Å². The topological polar surface area (TPSA) is 47.3 Å². The maximum atomic E-state index is 10.6. The van der Waals surface area contributed by atoms with Crippen LogP contribution in [0.1, 0.15) is 0 Å². The summed E-state index contributed by atoms with van der Waals surface area (Å²) in [4.78, 5) is 14.1. The normalized spacial score (nSPS) is 10.4. The van der Waals surface area contributed by atoms with Crippen molar-refractivity contribution in [2.75, 3.05) is 0 Å². The molecule has 0 atom stereocenters. The summed E-state index contributed by atoms with van der Waals surface area (Å²) in [5.41, 5.74) is 0.609. The lowest BCUT2D eigenvalue weighted by atomic mass is 10.6. The first-order chi connectivity index (χ1) is 4.86. The predicted octanol–water partition coefficient (Wildman–Crippen LogP) is 0.151. The van der Waals surface area contributed by atoms with Crippen molar-refractivity contribution in [1.82, 2.24) is 14.0 Å². The van der Waals surface area contributed by atoms with E-state index in [9.17, 15) is 4.79 Å². The van der Waals surface area contributed by atoms with Gasteiger partial charge in [-0.05, 0) is 12.1 Å². The zero-order chi connectivity index (χ0) is 6.97.